The fourth-order valence-corrected chi connectivity index (χ4v) is 1.65. The van der Waals surface area contributed by atoms with E-state index >= 15 is 0 Å². The van der Waals surface area contributed by atoms with Crippen molar-refractivity contribution >= 4 is 5.82 Å². The van der Waals surface area contributed by atoms with Gasteiger partial charge < -0.3 is 15.6 Å². The first-order chi connectivity index (χ1) is 7.70. The molecule has 5 nitrogen and oxygen atoms in total. The first-order valence-corrected chi connectivity index (χ1v) is 5.73. The highest BCUT2D eigenvalue weighted by Crippen LogP contribution is 2.37. The van der Waals surface area contributed by atoms with Gasteiger partial charge in [-0.25, -0.2) is 4.98 Å². The zero-order valence-corrected chi connectivity index (χ0v) is 9.57. The van der Waals surface area contributed by atoms with Crippen LogP contribution in [0.15, 0.2) is 10.9 Å². The number of nitrogens with zero attached hydrogens (tertiary/aromatic N) is 2. The van der Waals surface area contributed by atoms with Crippen molar-refractivity contribution < 1.29 is 0 Å². The predicted octanol–water partition coefficient (Wildman–Crippen LogP) is 0.432. The standard InChI is InChI=1S/C11H18N4O/c1-15(6-2-5-12)9-7-10(16)14-11(13-9)8-3-4-8/h7-8H,2-6,12H2,1H3,(H,13,14,16). The summed E-state index contributed by atoms with van der Waals surface area (Å²) in [5, 5.41) is 0. The van der Waals surface area contributed by atoms with Crippen LogP contribution in [0.5, 0.6) is 0 Å². The minimum atomic E-state index is -0.0634. The normalized spacial score (nSPS) is 15.1. The molecule has 0 unspecified atom stereocenters. The molecule has 1 aromatic heterocycles. The van der Waals surface area contributed by atoms with E-state index < -0.39 is 0 Å². The Balaban J connectivity index is 2.16. The molecule has 1 aromatic rings. The lowest BCUT2D eigenvalue weighted by Gasteiger charge is -2.17. The summed E-state index contributed by atoms with van der Waals surface area (Å²) >= 11 is 0. The Kier molecular flexibility index (Phi) is 3.24. The molecule has 0 spiro atoms. The fourth-order valence-electron chi connectivity index (χ4n) is 1.65. The van der Waals surface area contributed by atoms with E-state index in [-0.39, 0.29) is 5.56 Å². The van der Waals surface area contributed by atoms with Gasteiger partial charge in [-0.1, -0.05) is 0 Å². The molecule has 0 bridgehead atoms. The van der Waals surface area contributed by atoms with Crippen molar-refractivity contribution in [2.45, 2.75) is 25.2 Å². The first-order valence-electron chi connectivity index (χ1n) is 5.73. The summed E-state index contributed by atoms with van der Waals surface area (Å²) in [4.78, 5) is 20.7. The quantitative estimate of drug-likeness (QED) is 0.757. The lowest BCUT2D eigenvalue weighted by molar-refractivity contribution is 0.775. The molecule has 0 amide bonds. The Morgan fingerprint density at radius 2 is 2.38 bits per heavy atom. The Labute approximate surface area is 94.7 Å². The monoisotopic (exact) mass is 222 g/mol. The van der Waals surface area contributed by atoms with E-state index in [9.17, 15) is 4.79 Å². The molecule has 1 aliphatic rings. The number of hydrogen-bond donors (Lipinski definition) is 2. The highest BCUT2D eigenvalue weighted by molar-refractivity contribution is 5.36. The summed E-state index contributed by atoms with van der Waals surface area (Å²) in [7, 11) is 1.94. The SMILES string of the molecule is CN(CCCN)c1cc(=O)[nH]c(C2CC2)n1. The molecule has 0 aromatic carbocycles. The van der Waals surface area contributed by atoms with Gasteiger partial charge in [-0.05, 0) is 25.8 Å². The Morgan fingerprint density at radius 3 is 3.00 bits per heavy atom. The maximum atomic E-state index is 11.5. The Hall–Kier alpha value is -1.36. The molecular weight excluding hydrogens is 204 g/mol. The predicted molar refractivity (Wildman–Crippen MR) is 63.8 cm³/mol. The third kappa shape index (κ3) is 2.61. The van der Waals surface area contributed by atoms with Crippen LogP contribution in [-0.4, -0.2) is 30.1 Å². The largest absolute Gasteiger partial charge is 0.359 e. The third-order valence-corrected chi connectivity index (χ3v) is 2.80. The lowest BCUT2D eigenvalue weighted by Crippen LogP contribution is -2.24. The van der Waals surface area contributed by atoms with E-state index in [4.69, 9.17) is 5.73 Å². The number of hydrogen-bond acceptors (Lipinski definition) is 4. The molecule has 0 aliphatic heterocycles. The molecule has 1 fully saturated rings. The van der Waals surface area contributed by atoms with Crippen molar-refractivity contribution in [2.24, 2.45) is 5.73 Å². The van der Waals surface area contributed by atoms with Crippen LogP contribution in [0.2, 0.25) is 0 Å². The molecule has 3 N–H and O–H groups in total. The van der Waals surface area contributed by atoms with Crippen LogP contribution in [0, 0.1) is 0 Å². The van der Waals surface area contributed by atoms with Crippen molar-refractivity contribution in [2.75, 3.05) is 25.0 Å². The molecule has 1 saturated carbocycles. The molecule has 16 heavy (non-hydrogen) atoms. The second-order valence-corrected chi connectivity index (χ2v) is 4.33. The van der Waals surface area contributed by atoms with Crippen molar-refractivity contribution in [1.29, 1.82) is 0 Å². The van der Waals surface area contributed by atoms with Gasteiger partial charge in [0.15, 0.2) is 0 Å². The number of H-pyrrole nitrogens is 1. The molecule has 0 saturated heterocycles. The van der Waals surface area contributed by atoms with Crippen LogP contribution in [0.4, 0.5) is 5.82 Å². The molecule has 5 heteroatoms. The van der Waals surface area contributed by atoms with Crippen LogP contribution in [0.25, 0.3) is 0 Å². The van der Waals surface area contributed by atoms with Crippen LogP contribution < -0.4 is 16.2 Å². The third-order valence-electron chi connectivity index (χ3n) is 2.80. The first kappa shape index (κ1) is 11.1. The van der Waals surface area contributed by atoms with Gasteiger partial charge in [0.05, 0.1) is 0 Å². The number of nitrogens with one attached hydrogen (secondary N) is 1. The highest BCUT2D eigenvalue weighted by Gasteiger charge is 2.26. The average molecular weight is 222 g/mol. The van der Waals surface area contributed by atoms with Crippen molar-refractivity contribution in [3.05, 3.63) is 22.2 Å². The van der Waals surface area contributed by atoms with E-state index in [0.717, 1.165) is 37.4 Å². The number of aromatic amines is 1. The van der Waals surface area contributed by atoms with E-state index in [1.165, 1.54) is 0 Å². The minimum Gasteiger partial charge on any atom is -0.359 e. The molecule has 1 heterocycles. The number of anilines is 1. The van der Waals surface area contributed by atoms with Gasteiger partial charge >= 0.3 is 0 Å². The van der Waals surface area contributed by atoms with E-state index in [0.29, 0.717) is 12.5 Å². The van der Waals surface area contributed by atoms with Crippen LogP contribution in [-0.2, 0) is 0 Å². The van der Waals surface area contributed by atoms with Crippen LogP contribution in [0.3, 0.4) is 0 Å². The molecule has 2 rings (SSSR count). The lowest BCUT2D eigenvalue weighted by atomic mass is 10.3. The van der Waals surface area contributed by atoms with Crippen molar-refractivity contribution in [3.63, 3.8) is 0 Å². The van der Waals surface area contributed by atoms with E-state index in [2.05, 4.69) is 9.97 Å². The summed E-state index contributed by atoms with van der Waals surface area (Å²) in [5.41, 5.74) is 5.39. The van der Waals surface area contributed by atoms with Gasteiger partial charge in [-0.15, -0.1) is 0 Å². The van der Waals surface area contributed by atoms with Crippen LogP contribution in [0.1, 0.15) is 31.0 Å². The van der Waals surface area contributed by atoms with E-state index in [1.54, 1.807) is 6.07 Å². The zero-order chi connectivity index (χ0) is 11.5. The molecule has 88 valence electrons. The van der Waals surface area contributed by atoms with Crippen LogP contribution >= 0.6 is 0 Å². The number of rotatable bonds is 5. The minimum absolute atomic E-state index is 0.0634. The second-order valence-electron chi connectivity index (χ2n) is 4.33. The summed E-state index contributed by atoms with van der Waals surface area (Å²) in [5.74, 6) is 2.05. The number of aromatic nitrogens is 2. The Bertz CT molecular complexity index is 411. The molecule has 1 aliphatic carbocycles. The molecule has 0 atom stereocenters. The van der Waals surface area contributed by atoms with Crippen molar-refractivity contribution in [1.82, 2.24) is 9.97 Å². The summed E-state index contributed by atoms with van der Waals surface area (Å²) in [6.07, 6.45) is 3.18. The van der Waals surface area contributed by atoms with Gasteiger partial charge in [-0.2, -0.15) is 0 Å². The topological polar surface area (TPSA) is 75.0 Å². The zero-order valence-electron chi connectivity index (χ0n) is 9.57. The summed E-state index contributed by atoms with van der Waals surface area (Å²) < 4.78 is 0. The van der Waals surface area contributed by atoms with Gasteiger partial charge in [-0.3, -0.25) is 4.79 Å². The summed E-state index contributed by atoms with van der Waals surface area (Å²) in [6, 6.07) is 1.54. The summed E-state index contributed by atoms with van der Waals surface area (Å²) in [6.45, 7) is 1.49. The Morgan fingerprint density at radius 1 is 1.62 bits per heavy atom. The second kappa shape index (κ2) is 4.65. The highest BCUT2D eigenvalue weighted by atomic mass is 16.1. The van der Waals surface area contributed by atoms with Gasteiger partial charge in [0.2, 0.25) is 0 Å². The van der Waals surface area contributed by atoms with Gasteiger partial charge in [0, 0.05) is 25.6 Å². The molecule has 0 radical (unpaired) electrons. The fraction of sp³-hybridized carbons (Fsp3) is 0.636. The maximum Gasteiger partial charge on any atom is 0.252 e. The van der Waals surface area contributed by atoms with Gasteiger partial charge in [0.1, 0.15) is 11.6 Å². The van der Waals surface area contributed by atoms with Gasteiger partial charge in [0.25, 0.3) is 5.56 Å². The molecular formula is C11H18N4O. The number of nitrogens with two attached hydrogens (primary N) is 1. The average Bonchev–Trinajstić information content (AvgIpc) is 3.08. The smallest absolute Gasteiger partial charge is 0.252 e. The van der Waals surface area contributed by atoms with E-state index in [1.807, 2.05) is 11.9 Å². The maximum absolute atomic E-state index is 11.5. The van der Waals surface area contributed by atoms with Crippen molar-refractivity contribution in [3.8, 4) is 0 Å².